The number of amides is 1. The van der Waals surface area contributed by atoms with Gasteiger partial charge in [-0.1, -0.05) is 54.4 Å². The monoisotopic (exact) mass is 549 g/mol. The van der Waals surface area contributed by atoms with E-state index in [4.69, 9.17) is 27.9 Å². The van der Waals surface area contributed by atoms with Crippen LogP contribution in [0.4, 0.5) is 0 Å². The maximum atomic E-state index is 14.0. The van der Waals surface area contributed by atoms with Gasteiger partial charge in [0.05, 0.1) is 36.1 Å². The molecule has 196 valence electrons. The fourth-order valence-electron chi connectivity index (χ4n) is 5.65. The Hall–Kier alpha value is -3.34. The summed E-state index contributed by atoms with van der Waals surface area (Å²) in [6.07, 6.45) is 5.04. The molecule has 7 nitrogen and oxygen atoms in total. The molecule has 1 aromatic heterocycles. The summed E-state index contributed by atoms with van der Waals surface area (Å²) in [6, 6.07) is 14.7. The van der Waals surface area contributed by atoms with Crippen LogP contribution >= 0.6 is 23.2 Å². The zero-order chi connectivity index (χ0) is 27.0. The average molecular weight is 550 g/mol. The summed E-state index contributed by atoms with van der Waals surface area (Å²) in [5.74, 6) is 1.04. The van der Waals surface area contributed by atoms with E-state index in [1.165, 1.54) is 0 Å². The van der Waals surface area contributed by atoms with Crippen molar-refractivity contribution in [2.24, 2.45) is 5.92 Å². The van der Waals surface area contributed by atoms with Gasteiger partial charge in [-0.15, -0.1) is 5.10 Å². The molecule has 9 heteroatoms. The van der Waals surface area contributed by atoms with Gasteiger partial charge in [0.15, 0.2) is 0 Å². The van der Waals surface area contributed by atoms with Crippen LogP contribution in [-0.2, 0) is 22.4 Å². The molecule has 0 bridgehead atoms. The van der Waals surface area contributed by atoms with Crippen LogP contribution in [-0.4, -0.2) is 45.0 Å². The number of carbonyl (C=O) groups excluding carboxylic acids is 1. The standard InChI is InChI=1S/C29H29Cl2N5O2/c1-18(2)4-9-24-16-36(34-33-24)25-14-29(13-19-5-7-20(15-32)8-6-19)27(38-3)26(28(37)35(29)17-25)21-10-22(30)12-23(31)11-21/h5-8,10-12,16,18,25H,4,9,13-14,17H2,1-3H3. The maximum Gasteiger partial charge on any atom is 0.258 e. The smallest absolute Gasteiger partial charge is 0.258 e. The van der Waals surface area contributed by atoms with Gasteiger partial charge in [-0.25, -0.2) is 4.68 Å². The van der Waals surface area contributed by atoms with Crippen molar-refractivity contribution < 1.29 is 9.53 Å². The van der Waals surface area contributed by atoms with Gasteiger partial charge in [-0.2, -0.15) is 5.26 Å². The lowest BCUT2D eigenvalue weighted by Gasteiger charge is -2.34. The minimum atomic E-state index is -0.737. The minimum absolute atomic E-state index is 0.0627. The Bertz CT molecular complexity index is 1420. The third kappa shape index (κ3) is 4.79. The van der Waals surface area contributed by atoms with Crippen molar-refractivity contribution in [1.82, 2.24) is 19.9 Å². The number of aryl methyl sites for hydroxylation is 1. The van der Waals surface area contributed by atoms with Gasteiger partial charge in [-0.3, -0.25) is 4.79 Å². The van der Waals surface area contributed by atoms with E-state index in [-0.39, 0.29) is 11.9 Å². The van der Waals surface area contributed by atoms with Gasteiger partial charge in [0.1, 0.15) is 11.3 Å². The molecule has 1 saturated heterocycles. The van der Waals surface area contributed by atoms with Crippen molar-refractivity contribution in [3.63, 3.8) is 0 Å². The van der Waals surface area contributed by atoms with Gasteiger partial charge in [0, 0.05) is 35.6 Å². The van der Waals surface area contributed by atoms with Crippen LogP contribution in [0.25, 0.3) is 5.57 Å². The Kier molecular flexibility index (Phi) is 7.21. The lowest BCUT2D eigenvalue weighted by atomic mass is 9.85. The molecule has 0 saturated carbocycles. The number of nitrogens with zero attached hydrogens (tertiary/aromatic N) is 5. The summed E-state index contributed by atoms with van der Waals surface area (Å²) in [5, 5.41) is 19.0. The molecule has 3 heterocycles. The first-order valence-electron chi connectivity index (χ1n) is 12.7. The number of ether oxygens (including phenoxy) is 1. The van der Waals surface area contributed by atoms with Gasteiger partial charge < -0.3 is 9.64 Å². The number of halogens is 2. The number of methoxy groups -OCH3 is 1. The van der Waals surface area contributed by atoms with E-state index in [2.05, 4.69) is 30.2 Å². The van der Waals surface area contributed by atoms with E-state index in [1.807, 2.05) is 27.9 Å². The number of nitriles is 1. The molecule has 38 heavy (non-hydrogen) atoms. The predicted molar refractivity (Wildman–Crippen MR) is 147 cm³/mol. The summed E-state index contributed by atoms with van der Waals surface area (Å²) in [7, 11) is 1.60. The maximum absolute atomic E-state index is 14.0. The first-order valence-corrected chi connectivity index (χ1v) is 13.5. The fraction of sp³-hybridized carbons (Fsp3) is 0.379. The second-order valence-electron chi connectivity index (χ2n) is 10.5. The quantitative estimate of drug-likeness (QED) is 0.350. The molecule has 0 aliphatic carbocycles. The van der Waals surface area contributed by atoms with Gasteiger partial charge in [0.2, 0.25) is 0 Å². The zero-order valence-electron chi connectivity index (χ0n) is 21.6. The summed E-state index contributed by atoms with van der Waals surface area (Å²) in [5.41, 5.74) is 2.90. The number of rotatable bonds is 8. The predicted octanol–water partition coefficient (Wildman–Crippen LogP) is 5.87. The van der Waals surface area contributed by atoms with Gasteiger partial charge in [0.25, 0.3) is 5.91 Å². The number of carbonyl (C=O) groups is 1. The zero-order valence-corrected chi connectivity index (χ0v) is 23.1. The highest BCUT2D eigenvalue weighted by Crippen LogP contribution is 2.51. The molecule has 1 amide bonds. The SMILES string of the molecule is COC1=C(c2cc(Cl)cc(Cl)c2)C(=O)N2CC(n3cc(CCC(C)C)nn3)CC12Cc1ccc(C#N)cc1. The number of benzene rings is 2. The molecule has 2 atom stereocenters. The summed E-state index contributed by atoms with van der Waals surface area (Å²) >= 11 is 12.6. The fourth-order valence-corrected chi connectivity index (χ4v) is 6.18. The highest BCUT2D eigenvalue weighted by Gasteiger charge is 2.58. The van der Waals surface area contributed by atoms with E-state index in [1.54, 1.807) is 37.4 Å². The molecule has 2 aromatic carbocycles. The molecule has 5 rings (SSSR count). The Morgan fingerprint density at radius 3 is 2.53 bits per heavy atom. The molecule has 0 spiro atoms. The summed E-state index contributed by atoms with van der Waals surface area (Å²) in [6.45, 7) is 4.85. The van der Waals surface area contributed by atoms with Crippen LogP contribution in [0.1, 0.15) is 55.1 Å². The molecule has 1 fully saturated rings. The van der Waals surface area contributed by atoms with E-state index in [0.717, 1.165) is 24.1 Å². The topological polar surface area (TPSA) is 84.0 Å². The second kappa shape index (κ2) is 10.4. The molecule has 2 aliphatic heterocycles. The Labute approximate surface area is 232 Å². The largest absolute Gasteiger partial charge is 0.498 e. The van der Waals surface area contributed by atoms with Crippen molar-refractivity contribution in [2.45, 2.75) is 51.1 Å². The summed E-state index contributed by atoms with van der Waals surface area (Å²) in [4.78, 5) is 15.9. The average Bonchev–Trinajstić information content (AvgIpc) is 3.55. The van der Waals surface area contributed by atoms with Crippen LogP contribution < -0.4 is 0 Å². The molecule has 0 N–H and O–H groups in total. The number of aromatic nitrogens is 3. The van der Waals surface area contributed by atoms with Crippen LogP contribution in [0.2, 0.25) is 10.0 Å². The lowest BCUT2D eigenvalue weighted by molar-refractivity contribution is -0.126. The Morgan fingerprint density at radius 1 is 1.18 bits per heavy atom. The third-order valence-electron chi connectivity index (χ3n) is 7.44. The van der Waals surface area contributed by atoms with E-state index < -0.39 is 5.54 Å². The third-order valence-corrected chi connectivity index (χ3v) is 7.87. The molecular weight excluding hydrogens is 521 g/mol. The van der Waals surface area contributed by atoms with Gasteiger partial charge >= 0.3 is 0 Å². The Morgan fingerprint density at radius 2 is 1.89 bits per heavy atom. The van der Waals surface area contributed by atoms with Crippen molar-refractivity contribution in [2.75, 3.05) is 13.7 Å². The van der Waals surface area contributed by atoms with E-state index in [9.17, 15) is 10.1 Å². The molecule has 2 unspecified atom stereocenters. The van der Waals surface area contributed by atoms with Gasteiger partial charge in [-0.05, 0) is 60.2 Å². The number of hydrogen-bond acceptors (Lipinski definition) is 5. The Balaban J connectivity index is 1.57. The van der Waals surface area contributed by atoms with Crippen molar-refractivity contribution >= 4 is 34.7 Å². The highest BCUT2D eigenvalue weighted by atomic mass is 35.5. The van der Waals surface area contributed by atoms with Crippen molar-refractivity contribution in [1.29, 1.82) is 5.26 Å². The summed E-state index contributed by atoms with van der Waals surface area (Å²) < 4.78 is 7.94. The number of hydrogen-bond donors (Lipinski definition) is 0. The molecule has 3 aromatic rings. The second-order valence-corrected chi connectivity index (χ2v) is 11.4. The van der Waals surface area contributed by atoms with Crippen LogP contribution in [0, 0.1) is 17.2 Å². The van der Waals surface area contributed by atoms with Crippen molar-refractivity contribution in [3.8, 4) is 6.07 Å². The van der Waals surface area contributed by atoms with Crippen LogP contribution in [0.15, 0.2) is 54.4 Å². The lowest BCUT2D eigenvalue weighted by Crippen LogP contribution is -2.45. The first kappa shape index (κ1) is 26.3. The number of fused-ring (bicyclic) bond motifs is 1. The van der Waals surface area contributed by atoms with E-state index in [0.29, 0.717) is 57.8 Å². The van der Waals surface area contributed by atoms with Crippen LogP contribution in [0.3, 0.4) is 0 Å². The highest BCUT2D eigenvalue weighted by molar-refractivity contribution is 6.35. The van der Waals surface area contributed by atoms with Crippen molar-refractivity contribution in [3.05, 3.63) is 86.9 Å². The molecule has 2 aliphatic rings. The first-order chi connectivity index (χ1) is 18.2. The molecule has 0 radical (unpaired) electrons. The normalized spacial score (nSPS) is 20.8. The molecular formula is C29H29Cl2N5O2. The van der Waals surface area contributed by atoms with Crippen LogP contribution in [0.5, 0.6) is 0 Å². The van der Waals surface area contributed by atoms with E-state index >= 15 is 0 Å². The minimum Gasteiger partial charge on any atom is -0.498 e.